The van der Waals surface area contributed by atoms with Crippen molar-refractivity contribution in [3.05, 3.63) is 29.0 Å². The van der Waals surface area contributed by atoms with E-state index in [1.807, 2.05) is 0 Å². The molecule has 1 unspecified atom stereocenters. The van der Waals surface area contributed by atoms with Crippen molar-refractivity contribution in [2.24, 2.45) is 5.92 Å². The number of aromatic nitrogens is 1. The Balaban J connectivity index is 2.61. The lowest BCUT2D eigenvalue weighted by molar-refractivity contribution is -0.165. The van der Waals surface area contributed by atoms with Gasteiger partial charge in [0.15, 0.2) is 0 Å². The molecular weight excluding hydrogens is 253 g/mol. The SMILES string of the molecule is CC(C)C(NCc1ccc(Cl)nc1)C(F)(F)F. The minimum absolute atomic E-state index is 0.118. The predicted molar refractivity (Wildman–Crippen MR) is 60.8 cm³/mol. The van der Waals surface area contributed by atoms with Gasteiger partial charge in [-0.15, -0.1) is 0 Å². The Morgan fingerprint density at radius 3 is 2.41 bits per heavy atom. The normalized spacial score (nSPS) is 14.1. The van der Waals surface area contributed by atoms with Crippen LogP contribution in [0.4, 0.5) is 13.2 Å². The van der Waals surface area contributed by atoms with Crippen molar-refractivity contribution in [2.75, 3.05) is 0 Å². The molecule has 0 saturated carbocycles. The van der Waals surface area contributed by atoms with Crippen LogP contribution in [0.2, 0.25) is 5.15 Å². The fourth-order valence-electron chi connectivity index (χ4n) is 1.47. The summed E-state index contributed by atoms with van der Waals surface area (Å²) < 4.78 is 37.9. The lowest BCUT2D eigenvalue weighted by atomic mass is 10.0. The highest BCUT2D eigenvalue weighted by Gasteiger charge is 2.41. The third kappa shape index (κ3) is 4.52. The highest BCUT2D eigenvalue weighted by Crippen LogP contribution is 2.25. The van der Waals surface area contributed by atoms with Gasteiger partial charge in [0, 0.05) is 12.7 Å². The maximum atomic E-state index is 12.6. The molecule has 0 saturated heterocycles. The van der Waals surface area contributed by atoms with Crippen LogP contribution in [0.25, 0.3) is 0 Å². The van der Waals surface area contributed by atoms with Crippen LogP contribution in [0.3, 0.4) is 0 Å². The molecule has 0 aliphatic heterocycles. The molecule has 0 spiro atoms. The fourth-order valence-corrected chi connectivity index (χ4v) is 1.58. The first-order chi connectivity index (χ1) is 7.80. The molecule has 0 aromatic carbocycles. The average Bonchev–Trinajstić information content (AvgIpc) is 2.18. The Morgan fingerprint density at radius 2 is 2.00 bits per heavy atom. The molecular formula is C11H14ClF3N2. The van der Waals surface area contributed by atoms with Crippen LogP contribution in [0.1, 0.15) is 19.4 Å². The highest BCUT2D eigenvalue weighted by molar-refractivity contribution is 6.29. The molecule has 1 atom stereocenters. The van der Waals surface area contributed by atoms with Gasteiger partial charge in [0.2, 0.25) is 0 Å². The number of hydrogen-bond acceptors (Lipinski definition) is 2. The van der Waals surface area contributed by atoms with Crippen LogP contribution in [-0.4, -0.2) is 17.2 Å². The van der Waals surface area contributed by atoms with E-state index in [2.05, 4.69) is 10.3 Å². The summed E-state index contributed by atoms with van der Waals surface area (Å²) in [5, 5.41) is 2.81. The third-order valence-electron chi connectivity index (χ3n) is 2.33. The molecule has 1 aromatic heterocycles. The summed E-state index contributed by atoms with van der Waals surface area (Å²) in [7, 11) is 0. The van der Waals surface area contributed by atoms with Crippen LogP contribution >= 0.6 is 11.6 Å². The van der Waals surface area contributed by atoms with Crippen molar-refractivity contribution in [2.45, 2.75) is 32.6 Å². The van der Waals surface area contributed by atoms with Crippen molar-refractivity contribution in [1.29, 1.82) is 0 Å². The first kappa shape index (κ1) is 14.3. The van der Waals surface area contributed by atoms with E-state index in [-0.39, 0.29) is 6.54 Å². The highest BCUT2D eigenvalue weighted by atomic mass is 35.5. The minimum atomic E-state index is -4.24. The third-order valence-corrected chi connectivity index (χ3v) is 2.56. The maximum absolute atomic E-state index is 12.6. The van der Waals surface area contributed by atoms with Crippen molar-refractivity contribution in [3.63, 3.8) is 0 Å². The first-order valence-electron chi connectivity index (χ1n) is 5.21. The van der Waals surface area contributed by atoms with E-state index >= 15 is 0 Å². The lowest BCUT2D eigenvalue weighted by Gasteiger charge is -2.25. The fraction of sp³-hybridized carbons (Fsp3) is 0.545. The molecule has 6 heteroatoms. The van der Waals surface area contributed by atoms with E-state index in [9.17, 15) is 13.2 Å². The molecule has 0 bridgehead atoms. The Hall–Kier alpha value is -0.810. The molecule has 0 aliphatic carbocycles. The summed E-state index contributed by atoms with van der Waals surface area (Å²) in [6.45, 7) is 3.18. The van der Waals surface area contributed by atoms with E-state index < -0.39 is 18.1 Å². The zero-order chi connectivity index (χ0) is 13.1. The first-order valence-corrected chi connectivity index (χ1v) is 5.59. The standard InChI is InChI=1S/C11H14ClF3N2/c1-7(2)10(11(13,14)15)17-6-8-3-4-9(12)16-5-8/h3-5,7,10,17H,6H2,1-2H3. The van der Waals surface area contributed by atoms with Crippen LogP contribution in [0.15, 0.2) is 18.3 Å². The summed E-state index contributed by atoms with van der Waals surface area (Å²) in [6, 6.07) is 1.69. The number of hydrogen-bond donors (Lipinski definition) is 1. The number of halogens is 4. The van der Waals surface area contributed by atoms with Gasteiger partial charge >= 0.3 is 6.18 Å². The zero-order valence-corrected chi connectivity index (χ0v) is 10.3. The van der Waals surface area contributed by atoms with Gasteiger partial charge in [-0.05, 0) is 17.5 Å². The predicted octanol–water partition coefficient (Wildman–Crippen LogP) is 3.41. The minimum Gasteiger partial charge on any atom is -0.302 e. The second kappa shape index (κ2) is 5.69. The number of rotatable bonds is 4. The van der Waals surface area contributed by atoms with Crippen LogP contribution in [0, 0.1) is 5.92 Å². The molecule has 1 heterocycles. The average molecular weight is 267 g/mol. The Bertz CT molecular complexity index is 349. The Labute approximate surface area is 103 Å². The number of nitrogens with one attached hydrogen (secondary N) is 1. The van der Waals surface area contributed by atoms with Crippen molar-refractivity contribution in [3.8, 4) is 0 Å². The van der Waals surface area contributed by atoms with Gasteiger partial charge in [0.25, 0.3) is 0 Å². The van der Waals surface area contributed by atoms with E-state index in [4.69, 9.17) is 11.6 Å². The summed E-state index contributed by atoms with van der Waals surface area (Å²) in [6.07, 6.45) is -2.78. The molecule has 17 heavy (non-hydrogen) atoms. The molecule has 0 radical (unpaired) electrons. The number of nitrogens with zero attached hydrogens (tertiary/aromatic N) is 1. The number of pyridine rings is 1. The zero-order valence-electron chi connectivity index (χ0n) is 9.55. The maximum Gasteiger partial charge on any atom is 0.404 e. The van der Waals surface area contributed by atoms with Gasteiger partial charge < -0.3 is 5.32 Å². The van der Waals surface area contributed by atoms with E-state index in [1.54, 1.807) is 12.1 Å². The van der Waals surface area contributed by atoms with E-state index in [0.29, 0.717) is 10.7 Å². The summed E-state index contributed by atoms with van der Waals surface area (Å²) in [4.78, 5) is 3.81. The van der Waals surface area contributed by atoms with Gasteiger partial charge in [0.1, 0.15) is 11.2 Å². The van der Waals surface area contributed by atoms with Gasteiger partial charge in [-0.3, -0.25) is 0 Å². The van der Waals surface area contributed by atoms with Gasteiger partial charge in [-0.1, -0.05) is 31.5 Å². The smallest absolute Gasteiger partial charge is 0.302 e. The summed E-state index contributed by atoms with van der Waals surface area (Å²) in [5.74, 6) is -0.518. The van der Waals surface area contributed by atoms with E-state index in [1.165, 1.54) is 20.0 Å². The van der Waals surface area contributed by atoms with Gasteiger partial charge in [0.05, 0.1) is 0 Å². The van der Waals surface area contributed by atoms with E-state index in [0.717, 1.165) is 0 Å². The molecule has 2 nitrogen and oxygen atoms in total. The van der Waals surface area contributed by atoms with Crippen LogP contribution < -0.4 is 5.32 Å². The van der Waals surface area contributed by atoms with Crippen LogP contribution in [-0.2, 0) is 6.54 Å². The molecule has 1 rings (SSSR count). The topological polar surface area (TPSA) is 24.9 Å². The monoisotopic (exact) mass is 266 g/mol. The molecule has 0 fully saturated rings. The molecule has 96 valence electrons. The molecule has 0 amide bonds. The van der Waals surface area contributed by atoms with Crippen LogP contribution in [0.5, 0.6) is 0 Å². The molecule has 1 N–H and O–H groups in total. The second-order valence-corrected chi connectivity index (χ2v) is 4.52. The number of alkyl halides is 3. The lowest BCUT2D eigenvalue weighted by Crippen LogP contribution is -2.45. The Kier molecular flexibility index (Phi) is 4.77. The molecule has 0 aliphatic rings. The molecule has 1 aromatic rings. The van der Waals surface area contributed by atoms with Gasteiger partial charge in [-0.25, -0.2) is 4.98 Å². The second-order valence-electron chi connectivity index (χ2n) is 4.13. The summed E-state index contributed by atoms with van der Waals surface area (Å²) >= 11 is 5.59. The van der Waals surface area contributed by atoms with Crippen molar-refractivity contribution < 1.29 is 13.2 Å². The van der Waals surface area contributed by atoms with Crippen molar-refractivity contribution in [1.82, 2.24) is 10.3 Å². The largest absolute Gasteiger partial charge is 0.404 e. The Morgan fingerprint density at radius 1 is 1.35 bits per heavy atom. The van der Waals surface area contributed by atoms with Gasteiger partial charge in [-0.2, -0.15) is 13.2 Å². The van der Waals surface area contributed by atoms with Crippen molar-refractivity contribution >= 4 is 11.6 Å². The summed E-state index contributed by atoms with van der Waals surface area (Å²) in [5.41, 5.74) is 0.671. The quantitative estimate of drug-likeness (QED) is 0.845.